The van der Waals surface area contributed by atoms with Gasteiger partial charge in [-0.1, -0.05) is 90.5 Å². The first kappa shape index (κ1) is 24.7. The number of rotatable bonds is 8. The Hall–Kier alpha value is -4.02. The van der Waals surface area contributed by atoms with Gasteiger partial charge in [-0.15, -0.1) is 0 Å². The molecule has 0 radical (unpaired) electrons. The molecule has 0 atom stereocenters. The molecular formula is C32H28ClNO3. The number of fused-ring (bicyclic) bond motifs is 1. The fraction of sp³-hybridized carbons (Fsp3) is 0.156. The Morgan fingerprint density at radius 2 is 1.49 bits per heavy atom. The van der Waals surface area contributed by atoms with Gasteiger partial charge in [0.15, 0.2) is 6.61 Å². The molecule has 186 valence electrons. The van der Waals surface area contributed by atoms with E-state index in [2.05, 4.69) is 77.5 Å². The van der Waals surface area contributed by atoms with Gasteiger partial charge in [-0.25, -0.2) is 4.79 Å². The summed E-state index contributed by atoms with van der Waals surface area (Å²) < 4.78 is 7.86. The fourth-order valence-corrected chi connectivity index (χ4v) is 5.33. The largest absolute Gasteiger partial charge is 0.481 e. The summed E-state index contributed by atoms with van der Waals surface area (Å²) in [5, 5.41) is 10.9. The molecule has 0 unspecified atom stereocenters. The van der Waals surface area contributed by atoms with E-state index < -0.39 is 5.97 Å². The Balaban J connectivity index is 1.61. The van der Waals surface area contributed by atoms with Crippen molar-refractivity contribution in [2.45, 2.75) is 26.3 Å². The number of ether oxygens (including phenoxy) is 1. The molecule has 0 amide bonds. The second-order valence-corrected chi connectivity index (χ2v) is 9.80. The van der Waals surface area contributed by atoms with E-state index in [1.807, 2.05) is 38.1 Å². The predicted octanol–water partition coefficient (Wildman–Crippen LogP) is 7.60. The van der Waals surface area contributed by atoms with Crippen molar-refractivity contribution in [2.75, 3.05) is 6.61 Å². The van der Waals surface area contributed by atoms with Gasteiger partial charge in [0.25, 0.3) is 0 Å². The van der Waals surface area contributed by atoms with E-state index in [1.165, 1.54) is 16.7 Å². The first-order valence-corrected chi connectivity index (χ1v) is 12.6. The fourth-order valence-electron chi connectivity index (χ4n) is 5.16. The van der Waals surface area contributed by atoms with Crippen LogP contribution in [0.2, 0.25) is 5.02 Å². The van der Waals surface area contributed by atoms with Gasteiger partial charge in [-0.3, -0.25) is 0 Å². The summed E-state index contributed by atoms with van der Waals surface area (Å²) in [7, 11) is 0. The van der Waals surface area contributed by atoms with Crippen molar-refractivity contribution in [3.05, 3.63) is 136 Å². The minimum absolute atomic E-state index is 0.00705. The standard InChI is InChI=1S/C32H28ClNO3/c1-21-15-23(16-22(2)32(21)37-20-30(35)36)17-26-19-34(29-18-27(33)13-14-28(26)29)31(24-9-5-3-6-10-24)25-11-7-4-8-12-25/h3-16,18-19,31H,17,20H2,1-2H3,(H,35,36). The van der Waals surface area contributed by atoms with Crippen LogP contribution in [0.1, 0.15) is 39.4 Å². The van der Waals surface area contributed by atoms with Crippen LogP contribution in [-0.2, 0) is 11.2 Å². The van der Waals surface area contributed by atoms with Gasteiger partial charge in [0, 0.05) is 16.6 Å². The molecule has 4 nitrogen and oxygen atoms in total. The molecule has 0 fully saturated rings. The van der Waals surface area contributed by atoms with Crippen molar-refractivity contribution < 1.29 is 14.6 Å². The second kappa shape index (κ2) is 10.5. The summed E-state index contributed by atoms with van der Waals surface area (Å²) >= 11 is 6.50. The van der Waals surface area contributed by atoms with E-state index in [0.717, 1.165) is 34.0 Å². The lowest BCUT2D eigenvalue weighted by Gasteiger charge is -2.21. The minimum Gasteiger partial charge on any atom is -0.481 e. The number of carboxylic acid groups (broad SMARTS) is 1. The Morgan fingerprint density at radius 1 is 0.892 bits per heavy atom. The van der Waals surface area contributed by atoms with Crippen molar-refractivity contribution in [3.63, 3.8) is 0 Å². The van der Waals surface area contributed by atoms with Crippen LogP contribution in [0.3, 0.4) is 0 Å². The van der Waals surface area contributed by atoms with Crippen LogP contribution in [0.15, 0.2) is 97.2 Å². The molecule has 37 heavy (non-hydrogen) atoms. The number of halogens is 1. The van der Waals surface area contributed by atoms with Gasteiger partial charge in [-0.05, 0) is 65.8 Å². The number of nitrogens with zero attached hydrogens (tertiary/aromatic N) is 1. The van der Waals surface area contributed by atoms with Crippen LogP contribution in [0.4, 0.5) is 0 Å². The number of aromatic nitrogens is 1. The Bertz CT molecular complexity index is 1500. The highest BCUT2D eigenvalue weighted by atomic mass is 35.5. The van der Waals surface area contributed by atoms with E-state index in [9.17, 15) is 4.79 Å². The summed E-state index contributed by atoms with van der Waals surface area (Å²) in [5.41, 5.74) is 7.66. The van der Waals surface area contributed by atoms with Crippen molar-refractivity contribution >= 4 is 28.5 Å². The van der Waals surface area contributed by atoms with E-state index in [0.29, 0.717) is 10.8 Å². The lowest BCUT2D eigenvalue weighted by molar-refractivity contribution is -0.139. The maximum Gasteiger partial charge on any atom is 0.341 e. The molecule has 0 spiro atoms. The number of carbonyl (C=O) groups is 1. The molecule has 0 aliphatic carbocycles. The number of benzene rings is 4. The molecule has 1 heterocycles. The SMILES string of the molecule is Cc1cc(Cc2cn(C(c3ccccc3)c3ccccc3)c3cc(Cl)ccc23)cc(C)c1OCC(=O)O. The minimum atomic E-state index is -0.985. The summed E-state index contributed by atoms with van der Waals surface area (Å²) in [6.07, 6.45) is 2.97. The molecule has 0 bridgehead atoms. The van der Waals surface area contributed by atoms with Gasteiger partial charge in [-0.2, -0.15) is 0 Å². The van der Waals surface area contributed by atoms with Gasteiger partial charge < -0.3 is 14.4 Å². The normalized spacial score (nSPS) is 11.2. The average Bonchev–Trinajstić information content (AvgIpc) is 3.21. The van der Waals surface area contributed by atoms with Crippen molar-refractivity contribution in [1.82, 2.24) is 4.57 Å². The maximum absolute atomic E-state index is 11.0. The predicted molar refractivity (Wildman–Crippen MR) is 149 cm³/mol. The van der Waals surface area contributed by atoms with E-state index in [4.69, 9.17) is 21.4 Å². The summed E-state index contributed by atoms with van der Waals surface area (Å²) in [6.45, 7) is 3.56. The monoisotopic (exact) mass is 509 g/mol. The molecule has 0 saturated carbocycles. The van der Waals surface area contributed by atoms with E-state index in [1.54, 1.807) is 0 Å². The average molecular weight is 510 g/mol. The van der Waals surface area contributed by atoms with Crippen LogP contribution in [0.5, 0.6) is 5.75 Å². The molecule has 5 heteroatoms. The zero-order valence-electron chi connectivity index (χ0n) is 20.8. The molecular weight excluding hydrogens is 482 g/mol. The molecule has 0 aliphatic heterocycles. The van der Waals surface area contributed by atoms with Crippen molar-refractivity contribution in [2.24, 2.45) is 0 Å². The number of aliphatic carboxylic acids is 1. The third-order valence-corrected chi connectivity index (χ3v) is 6.88. The quantitative estimate of drug-likeness (QED) is 0.234. The van der Waals surface area contributed by atoms with Gasteiger partial charge in [0.2, 0.25) is 0 Å². The Kier molecular flexibility index (Phi) is 7.02. The number of carboxylic acids is 1. The summed E-state index contributed by atoms with van der Waals surface area (Å²) in [5.74, 6) is -0.352. The molecule has 5 aromatic rings. The number of hydrogen-bond donors (Lipinski definition) is 1. The van der Waals surface area contributed by atoms with E-state index in [-0.39, 0.29) is 12.6 Å². The smallest absolute Gasteiger partial charge is 0.341 e. The highest BCUT2D eigenvalue weighted by Crippen LogP contribution is 2.35. The first-order valence-electron chi connectivity index (χ1n) is 12.2. The molecule has 0 saturated heterocycles. The highest BCUT2D eigenvalue weighted by molar-refractivity contribution is 6.31. The summed E-state index contributed by atoms with van der Waals surface area (Å²) in [6, 6.07) is 31.3. The molecule has 4 aromatic carbocycles. The first-order chi connectivity index (χ1) is 17.9. The third kappa shape index (κ3) is 5.25. The lowest BCUT2D eigenvalue weighted by atomic mass is 9.98. The molecule has 1 N–H and O–H groups in total. The van der Waals surface area contributed by atoms with Crippen LogP contribution in [0.25, 0.3) is 10.9 Å². The zero-order valence-corrected chi connectivity index (χ0v) is 21.6. The maximum atomic E-state index is 11.0. The Labute approximate surface area is 221 Å². The zero-order chi connectivity index (χ0) is 25.9. The number of aryl methyl sites for hydroxylation is 2. The molecule has 1 aromatic heterocycles. The van der Waals surface area contributed by atoms with Crippen molar-refractivity contribution in [3.8, 4) is 5.75 Å². The van der Waals surface area contributed by atoms with Crippen LogP contribution >= 0.6 is 11.6 Å². The third-order valence-electron chi connectivity index (χ3n) is 6.64. The van der Waals surface area contributed by atoms with Crippen LogP contribution < -0.4 is 4.74 Å². The van der Waals surface area contributed by atoms with E-state index >= 15 is 0 Å². The second-order valence-electron chi connectivity index (χ2n) is 9.36. The lowest BCUT2D eigenvalue weighted by Crippen LogP contribution is -2.11. The van der Waals surface area contributed by atoms with Gasteiger partial charge in [0.1, 0.15) is 5.75 Å². The van der Waals surface area contributed by atoms with Gasteiger partial charge >= 0.3 is 5.97 Å². The summed E-state index contributed by atoms with van der Waals surface area (Å²) in [4.78, 5) is 11.0. The topological polar surface area (TPSA) is 51.5 Å². The molecule has 0 aliphatic rings. The number of hydrogen-bond acceptors (Lipinski definition) is 2. The van der Waals surface area contributed by atoms with Crippen LogP contribution in [0, 0.1) is 13.8 Å². The molecule has 5 rings (SSSR count). The van der Waals surface area contributed by atoms with Crippen LogP contribution in [-0.4, -0.2) is 22.2 Å². The highest BCUT2D eigenvalue weighted by Gasteiger charge is 2.21. The van der Waals surface area contributed by atoms with Gasteiger partial charge in [0.05, 0.1) is 11.6 Å². The Morgan fingerprint density at radius 3 is 2.05 bits per heavy atom. The van der Waals surface area contributed by atoms with Crippen molar-refractivity contribution in [1.29, 1.82) is 0 Å².